The quantitative estimate of drug-likeness (QED) is 0.818. The average Bonchev–Trinajstić information content (AvgIpc) is 2.95. The van der Waals surface area contributed by atoms with Crippen LogP contribution < -0.4 is 0 Å². The summed E-state index contributed by atoms with van der Waals surface area (Å²) in [7, 11) is -3.31. The van der Waals surface area contributed by atoms with Crippen molar-refractivity contribution in [1.29, 1.82) is 0 Å². The van der Waals surface area contributed by atoms with E-state index < -0.39 is 10.0 Å². The van der Waals surface area contributed by atoms with Crippen molar-refractivity contribution in [2.24, 2.45) is 0 Å². The number of piperazine rings is 1. The van der Waals surface area contributed by atoms with E-state index in [0.717, 1.165) is 19.5 Å². The molecule has 2 aliphatic rings. The average molecular weight is 351 g/mol. The van der Waals surface area contributed by atoms with Crippen molar-refractivity contribution in [3.8, 4) is 0 Å². The molecule has 0 aromatic carbocycles. The first-order valence-electron chi connectivity index (χ1n) is 6.06. The summed E-state index contributed by atoms with van der Waals surface area (Å²) in [6.07, 6.45) is 2.32. The van der Waals surface area contributed by atoms with E-state index in [0.29, 0.717) is 27.8 Å². The highest BCUT2D eigenvalue weighted by Crippen LogP contribution is 2.32. The molecule has 0 amide bonds. The Labute approximate surface area is 120 Å². The van der Waals surface area contributed by atoms with Gasteiger partial charge in [0.2, 0.25) is 0 Å². The molecule has 1 unspecified atom stereocenters. The number of hydrogen-bond acceptors (Lipinski definition) is 4. The second-order valence-electron chi connectivity index (χ2n) is 4.75. The molecule has 0 aliphatic carbocycles. The van der Waals surface area contributed by atoms with Gasteiger partial charge < -0.3 is 0 Å². The Balaban J connectivity index is 1.85. The van der Waals surface area contributed by atoms with Crippen LogP contribution in [-0.4, -0.2) is 49.8 Å². The number of thiophene rings is 1. The van der Waals surface area contributed by atoms with Crippen LogP contribution in [0.4, 0.5) is 0 Å². The minimum absolute atomic E-state index is 0.423. The van der Waals surface area contributed by atoms with Crippen molar-refractivity contribution in [2.45, 2.75) is 23.1 Å². The summed E-state index contributed by atoms with van der Waals surface area (Å²) in [6.45, 7) is 3.25. The number of halogens is 1. The summed E-state index contributed by atoms with van der Waals surface area (Å²) >= 11 is 4.60. The lowest BCUT2D eigenvalue weighted by Gasteiger charge is -2.36. The van der Waals surface area contributed by atoms with Crippen molar-refractivity contribution in [2.75, 3.05) is 26.2 Å². The highest BCUT2D eigenvalue weighted by molar-refractivity contribution is 9.10. The first kappa shape index (κ1) is 13.1. The van der Waals surface area contributed by atoms with E-state index in [1.165, 1.54) is 17.8 Å². The van der Waals surface area contributed by atoms with Crippen LogP contribution in [0, 0.1) is 0 Å². The van der Waals surface area contributed by atoms with E-state index in [1.807, 2.05) is 5.38 Å². The molecule has 4 nitrogen and oxygen atoms in total. The Morgan fingerprint density at radius 1 is 1.33 bits per heavy atom. The van der Waals surface area contributed by atoms with Crippen molar-refractivity contribution >= 4 is 37.3 Å². The van der Waals surface area contributed by atoms with Crippen molar-refractivity contribution in [3.05, 3.63) is 15.9 Å². The van der Waals surface area contributed by atoms with Gasteiger partial charge in [-0.05, 0) is 46.8 Å². The van der Waals surface area contributed by atoms with Gasteiger partial charge in [0.15, 0.2) is 0 Å². The van der Waals surface area contributed by atoms with Crippen molar-refractivity contribution < 1.29 is 8.42 Å². The first-order chi connectivity index (χ1) is 8.59. The fourth-order valence-corrected chi connectivity index (χ4v) is 6.68. The molecule has 100 valence electrons. The summed E-state index contributed by atoms with van der Waals surface area (Å²) < 4.78 is 27.9. The topological polar surface area (TPSA) is 40.6 Å². The molecule has 0 N–H and O–H groups in total. The number of rotatable bonds is 2. The lowest BCUT2D eigenvalue weighted by Crippen LogP contribution is -2.51. The smallest absolute Gasteiger partial charge is 0.253 e. The third-order valence-corrected chi connectivity index (χ3v) is 8.22. The Kier molecular flexibility index (Phi) is 3.53. The zero-order chi connectivity index (χ0) is 12.8. The highest BCUT2D eigenvalue weighted by atomic mass is 79.9. The second kappa shape index (κ2) is 4.86. The molecule has 0 spiro atoms. The fraction of sp³-hybridized carbons (Fsp3) is 0.636. The van der Waals surface area contributed by atoms with E-state index in [1.54, 1.807) is 10.4 Å². The third-order valence-electron chi connectivity index (χ3n) is 3.71. The summed E-state index contributed by atoms with van der Waals surface area (Å²) in [5.41, 5.74) is 0. The van der Waals surface area contributed by atoms with Gasteiger partial charge in [-0.2, -0.15) is 4.31 Å². The van der Waals surface area contributed by atoms with Crippen molar-refractivity contribution in [3.63, 3.8) is 0 Å². The van der Waals surface area contributed by atoms with Crippen LogP contribution in [0.2, 0.25) is 0 Å². The van der Waals surface area contributed by atoms with E-state index >= 15 is 0 Å². The molecule has 3 rings (SSSR count). The molecule has 0 radical (unpaired) electrons. The molecule has 0 bridgehead atoms. The van der Waals surface area contributed by atoms with Gasteiger partial charge in [0.05, 0.1) is 0 Å². The molecule has 2 fully saturated rings. The lowest BCUT2D eigenvalue weighted by atomic mass is 10.2. The maximum atomic E-state index is 12.5. The monoisotopic (exact) mass is 350 g/mol. The first-order valence-corrected chi connectivity index (χ1v) is 9.17. The Hall–Kier alpha value is 0.0500. The lowest BCUT2D eigenvalue weighted by molar-refractivity contribution is 0.158. The van der Waals surface area contributed by atoms with Crippen LogP contribution in [0.15, 0.2) is 20.1 Å². The van der Waals surface area contributed by atoms with E-state index in [4.69, 9.17) is 0 Å². The van der Waals surface area contributed by atoms with Gasteiger partial charge in [-0.3, -0.25) is 4.90 Å². The van der Waals surface area contributed by atoms with E-state index in [-0.39, 0.29) is 0 Å². The number of hydrogen-bond donors (Lipinski definition) is 0. The molecule has 3 heterocycles. The van der Waals surface area contributed by atoms with E-state index in [2.05, 4.69) is 20.8 Å². The SMILES string of the molecule is O=S(=O)(c1sccc1Br)N1CCN2CCCC2C1. The molecule has 2 saturated heterocycles. The molecule has 2 aliphatic heterocycles. The standard InChI is InChI=1S/C11H15BrN2O2S2/c12-10-3-7-17-11(10)18(15,16)14-6-5-13-4-1-2-9(13)8-14/h3,7,9H,1-2,4-6,8H2. The number of nitrogens with zero attached hydrogens (tertiary/aromatic N) is 2. The molecule has 0 saturated carbocycles. The Bertz CT molecular complexity index is 543. The van der Waals surface area contributed by atoms with Crippen LogP contribution in [0.3, 0.4) is 0 Å². The molecular weight excluding hydrogens is 336 g/mol. The zero-order valence-electron chi connectivity index (χ0n) is 9.88. The fourth-order valence-electron chi connectivity index (χ4n) is 2.76. The molecule has 1 aromatic rings. The molecule has 1 atom stereocenters. The van der Waals surface area contributed by atoms with Gasteiger partial charge in [-0.25, -0.2) is 8.42 Å². The molecular formula is C11H15BrN2O2S2. The summed E-state index contributed by atoms with van der Waals surface area (Å²) in [4.78, 5) is 2.41. The summed E-state index contributed by atoms with van der Waals surface area (Å²) in [6, 6.07) is 2.22. The highest BCUT2D eigenvalue weighted by Gasteiger charge is 2.37. The van der Waals surface area contributed by atoms with Gasteiger partial charge in [0, 0.05) is 30.1 Å². The predicted octanol–water partition coefficient (Wildman–Crippen LogP) is 1.98. The van der Waals surface area contributed by atoms with Crippen LogP contribution in [0.25, 0.3) is 0 Å². The molecule has 1 aromatic heterocycles. The number of fused-ring (bicyclic) bond motifs is 1. The van der Waals surface area contributed by atoms with Crippen molar-refractivity contribution in [1.82, 2.24) is 9.21 Å². The predicted molar refractivity (Wildman–Crippen MR) is 75.4 cm³/mol. The molecule has 7 heteroatoms. The van der Waals surface area contributed by atoms with Crippen LogP contribution in [-0.2, 0) is 10.0 Å². The van der Waals surface area contributed by atoms with Gasteiger partial charge in [0.1, 0.15) is 4.21 Å². The minimum Gasteiger partial charge on any atom is -0.298 e. The molecule has 18 heavy (non-hydrogen) atoms. The number of sulfonamides is 1. The minimum atomic E-state index is -3.31. The Morgan fingerprint density at radius 3 is 2.89 bits per heavy atom. The zero-order valence-corrected chi connectivity index (χ0v) is 13.1. The van der Waals surface area contributed by atoms with Crippen LogP contribution in [0.1, 0.15) is 12.8 Å². The van der Waals surface area contributed by atoms with Gasteiger partial charge in [0.25, 0.3) is 10.0 Å². The van der Waals surface area contributed by atoms with Crippen LogP contribution in [0.5, 0.6) is 0 Å². The Morgan fingerprint density at radius 2 is 2.17 bits per heavy atom. The second-order valence-corrected chi connectivity index (χ2v) is 8.65. The third kappa shape index (κ3) is 2.16. The van der Waals surface area contributed by atoms with E-state index in [9.17, 15) is 8.42 Å². The van der Waals surface area contributed by atoms with Crippen LogP contribution >= 0.6 is 27.3 Å². The maximum absolute atomic E-state index is 12.5. The van der Waals surface area contributed by atoms with Gasteiger partial charge >= 0.3 is 0 Å². The summed E-state index contributed by atoms with van der Waals surface area (Å²) in [5.74, 6) is 0. The largest absolute Gasteiger partial charge is 0.298 e. The maximum Gasteiger partial charge on any atom is 0.253 e. The van der Waals surface area contributed by atoms with Gasteiger partial charge in [-0.15, -0.1) is 11.3 Å². The summed E-state index contributed by atoms with van der Waals surface area (Å²) in [5, 5.41) is 1.81. The van der Waals surface area contributed by atoms with Gasteiger partial charge in [-0.1, -0.05) is 0 Å². The normalized spacial score (nSPS) is 26.4.